The first kappa shape index (κ1) is 11.0. The lowest BCUT2D eigenvalue weighted by Gasteiger charge is -2.30. The fraction of sp³-hybridized carbons (Fsp3) is 1.00. The van der Waals surface area contributed by atoms with Crippen molar-refractivity contribution in [1.82, 2.24) is 5.32 Å². The summed E-state index contributed by atoms with van der Waals surface area (Å²) in [5.74, 6) is 0.779. The Labute approximate surface area is 81.0 Å². The second-order valence-corrected chi connectivity index (χ2v) is 4.32. The van der Waals surface area contributed by atoms with Crippen LogP contribution in [0.25, 0.3) is 0 Å². The van der Waals surface area contributed by atoms with Crippen molar-refractivity contribution in [1.29, 1.82) is 0 Å². The van der Waals surface area contributed by atoms with E-state index in [9.17, 15) is 0 Å². The van der Waals surface area contributed by atoms with Gasteiger partial charge in [-0.25, -0.2) is 0 Å². The van der Waals surface area contributed by atoms with Gasteiger partial charge in [0.2, 0.25) is 0 Å². The van der Waals surface area contributed by atoms with Gasteiger partial charge in [0, 0.05) is 25.7 Å². The maximum Gasteiger partial charge on any atom is 0.0667 e. The van der Waals surface area contributed by atoms with Gasteiger partial charge >= 0.3 is 0 Å². The van der Waals surface area contributed by atoms with E-state index in [1.807, 2.05) is 0 Å². The Bertz CT molecular complexity index is 159. The van der Waals surface area contributed by atoms with Crippen LogP contribution in [0.4, 0.5) is 0 Å². The second-order valence-electron chi connectivity index (χ2n) is 4.32. The summed E-state index contributed by atoms with van der Waals surface area (Å²) in [6, 6.07) is 0. The molecule has 0 aromatic heterocycles. The van der Waals surface area contributed by atoms with Gasteiger partial charge in [0.25, 0.3) is 0 Å². The van der Waals surface area contributed by atoms with E-state index < -0.39 is 0 Å². The van der Waals surface area contributed by atoms with Gasteiger partial charge in [-0.05, 0) is 32.6 Å². The predicted octanol–water partition coefficient (Wildman–Crippen LogP) is 0.738. The third kappa shape index (κ3) is 2.93. The van der Waals surface area contributed by atoms with E-state index in [1.54, 1.807) is 7.11 Å². The molecule has 0 saturated heterocycles. The Morgan fingerprint density at radius 3 is 2.62 bits per heavy atom. The summed E-state index contributed by atoms with van der Waals surface area (Å²) in [5.41, 5.74) is 5.90. The highest BCUT2D eigenvalue weighted by atomic mass is 16.5. The van der Waals surface area contributed by atoms with Gasteiger partial charge in [0.15, 0.2) is 0 Å². The molecule has 3 nitrogen and oxygen atoms in total. The molecule has 2 unspecified atom stereocenters. The smallest absolute Gasteiger partial charge is 0.0667 e. The maximum absolute atomic E-state index is 5.77. The molecule has 1 aliphatic rings. The van der Waals surface area contributed by atoms with Crippen LogP contribution in [0.1, 0.15) is 26.7 Å². The van der Waals surface area contributed by atoms with Crippen molar-refractivity contribution >= 4 is 0 Å². The van der Waals surface area contributed by atoms with Gasteiger partial charge < -0.3 is 15.8 Å². The van der Waals surface area contributed by atoms with E-state index in [0.29, 0.717) is 6.54 Å². The first-order valence-corrected chi connectivity index (χ1v) is 5.10. The SMILES string of the molecule is COC(C)CNC(C)(CN)C1CC1. The molecule has 0 amide bonds. The average molecular weight is 186 g/mol. The lowest BCUT2D eigenvalue weighted by molar-refractivity contribution is 0.106. The van der Waals surface area contributed by atoms with Crippen LogP contribution in [0.5, 0.6) is 0 Å². The minimum atomic E-state index is 0.132. The summed E-state index contributed by atoms with van der Waals surface area (Å²) in [4.78, 5) is 0. The molecule has 1 aliphatic carbocycles. The summed E-state index contributed by atoms with van der Waals surface area (Å²) < 4.78 is 5.19. The minimum absolute atomic E-state index is 0.132. The lowest BCUT2D eigenvalue weighted by Crippen LogP contribution is -2.52. The molecule has 13 heavy (non-hydrogen) atoms. The van der Waals surface area contributed by atoms with Crippen molar-refractivity contribution in [3.8, 4) is 0 Å². The van der Waals surface area contributed by atoms with Gasteiger partial charge in [-0.15, -0.1) is 0 Å². The zero-order valence-corrected chi connectivity index (χ0v) is 8.97. The summed E-state index contributed by atoms with van der Waals surface area (Å²) in [7, 11) is 1.74. The van der Waals surface area contributed by atoms with E-state index in [0.717, 1.165) is 12.5 Å². The standard InChI is InChI=1S/C10H22N2O/c1-8(13-3)6-12-10(2,7-11)9-4-5-9/h8-9,12H,4-7,11H2,1-3H3. The number of hydrogen-bond acceptors (Lipinski definition) is 3. The number of nitrogens with two attached hydrogens (primary N) is 1. The summed E-state index contributed by atoms with van der Waals surface area (Å²) in [6.07, 6.45) is 2.91. The molecule has 0 radical (unpaired) electrons. The van der Waals surface area contributed by atoms with Crippen LogP contribution in [0, 0.1) is 5.92 Å². The normalized spacial score (nSPS) is 24.0. The molecule has 3 heteroatoms. The van der Waals surface area contributed by atoms with Crippen LogP contribution in [0.3, 0.4) is 0 Å². The predicted molar refractivity (Wildman–Crippen MR) is 54.7 cm³/mol. The van der Waals surface area contributed by atoms with E-state index in [2.05, 4.69) is 19.2 Å². The lowest BCUT2D eigenvalue weighted by atomic mass is 9.96. The largest absolute Gasteiger partial charge is 0.380 e. The molecule has 78 valence electrons. The second kappa shape index (κ2) is 4.40. The molecule has 1 fully saturated rings. The van der Waals surface area contributed by atoms with Crippen LogP contribution in [-0.4, -0.2) is 31.8 Å². The highest BCUT2D eigenvalue weighted by molar-refractivity contribution is 4.98. The van der Waals surface area contributed by atoms with Crippen molar-refractivity contribution in [2.45, 2.75) is 38.3 Å². The van der Waals surface area contributed by atoms with Gasteiger partial charge in [-0.3, -0.25) is 0 Å². The average Bonchev–Trinajstić information content (AvgIpc) is 2.96. The van der Waals surface area contributed by atoms with E-state index in [-0.39, 0.29) is 11.6 Å². The van der Waals surface area contributed by atoms with Crippen molar-refractivity contribution < 1.29 is 4.74 Å². The van der Waals surface area contributed by atoms with Crippen LogP contribution in [0.15, 0.2) is 0 Å². The quantitative estimate of drug-likeness (QED) is 0.643. The molecule has 0 aromatic rings. The van der Waals surface area contributed by atoms with Crippen molar-refractivity contribution in [2.75, 3.05) is 20.2 Å². The maximum atomic E-state index is 5.77. The molecule has 0 spiro atoms. The first-order valence-electron chi connectivity index (χ1n) is 5.10. The Kier molecular flexibility index (Phi) is 3.71. The highest BCUT2D eigenvalue weighted by Crippen LogP contribution is 2.38. The van der Waals surface area contributed by atoms with Crippen molar-refractivity contribution in [3.05, 3.63) is 0 Å². The third-order valence-corrected chi connectivity index (χ3v) is 3.10. The molecule has 1 saturated carbocycles. The number of hydrogen-bond donors (Lipinski definition) is 2. The fourth-order valence-electron chi connectivity index (χ4n) is 1.56. The number of rotatable bonds is 6. The van der Waals surface area contributed by atoms with E-state index >= 15 is 0 Å². The first-order chi connectivity index (χ1) is 6.12. The van der Waals surface area contributed by atoms with Gasteiger partial charge in [0.1, 0.15) is 0 Å². The monoisotopic (exact) mass is 186 g/mol. The number of ether oxygens (including phenoxy) is 1. The molecule has 3 N–H and O–H groups in total. The van der Waals surface area contributed by atoms with Gasteiger partial charge in [0.05, 0.1) is 6.10 Å². The molecule has 0 aliphatic heterocycles. The zero-order valence-electron chi connectivity index (χ0n) is 8.97. The molecule has 0 heterocycles. The third-order valence-electron chi connectivity index (χ3n) is 3.10. The number of methoxy groups -OCH3 is 1. The Hall–Kier alpha value is -0.120. The number of nitrogens with one attached hydrogen (secondary N) is 1. The van der Waals surface area contributed by atoms with Gasteiger partial charge in [-0.2, -0.15) is 0 Å². The van der Waals surface area contributed by atoms with Crippen molar-refractivity contribution in [3.63, 3.8) is 0 Å². The van der Waals surface area contributed by atoms with E-state index in [4.69, 9.17) is 10.5 Å². The van der Waals surface area contributed by atoms with Crippen molar-refractivity contribution in [2.24, 2.45) is 11.7 Å². The summed E-state index contributed by atoms with van der Waals surface area (Å²) >= 11 is 0. The molecule has 1 rings (SSSR count). The van der Waals surface area contributed by atoms with E-state index in [1.165, 1.54) is 12.8 Å². The highest BCUT2D eigenvalue weighted by Gasteiger charge is 2.40. The Balaban J connectivity index is 2.30. The molecule has 0 bridgehead atoms. The summed E-state index contributed by atoms with van der Waals surface area (Å²) in [5, 5.41) is 3.51. The molecule has 0 aromatic carbocycles. The van der Waals surface area contributed by atoms with Crippen LogP contribution >= 0.6 is 0 Å². The topological polar surface area (TPSA) is 47.3 Å². The Morgan fingerprint density at radius 1 is 1.62 bits per heavy atom. The van der Waals surface area contributed by atoms with Gasteiger partial charge in [-0.1, -0.05) is 0 Å². The minimum Gasteiger partial charge on any atom is -0.380 e. The van der Waals surface area contributed by atoms with Crippen LogP contribution in [0.2, 0.25) is 0 Å². The molecular weight excluding hydrogens is 164 g/mol. The molecular formula is C10H22N2O. The molecule has 2 atom stereocenters. The van der Waals surface area contributed by atoms with Crippen LogP contribution < -0.4 is 11.1 Å². The van der Waals surface area contributed by atoms with Crippen LogP contribution in [-0.2, 0) is 4.74 Å². The summed E-state index contributed by atoms with van der Waals surface area (Å²) in [6.45, 7) is 5.89. The fourth-order valence-corrected chi connectivity index (χ4v) is 1.56. The zero-order chi connectivity index (χ0) is 9.90. The Morgan fingerprint density at radius 2 is 2.23 bits per heavy atom.